The lowest BCUT2D eigenvalue weighted by molar-refractivity contribution is -0.189. The van der Waals surface area contributed by atoms with E-state index in [0.29, 0.717) is 16.8 Å². The zero-order valence-electron chi connectivity index (χ0n) is 18.9. The fourth-order valence-corrected chi connectivity index (χ4v) is 4.31. The zero-order valence-corrected chi connectivity index (χ0v) is 19.7. The first-order valence-corrected chi connectivity index (χ1v) is 12.3. The first kappa shape index (κ1) is 24.7. The van der Waals surface area contributed by atoms with E-state index in [1.807, 2.05) is 0 Å². The van der Waals surface area contributed by atoms with Crippen LogP contribution in [0, 0.1) is 12.7 Å². The summed E-state index contributed by atoms with van der Waals surface area (Å²) in [5, 5.41) is 4.36. The van der Waals surface area contributed by atoms with Crippen LogP contribution in [-0.4, -0.2) is 47.5 Å². The molecule has 2 heterocycles. The molecule has 0 spiro atoms. The molecule has 0 unspecified atom stereocenters. The van der Waals surface area contributed by atoms with Crippen LogP contribution < -0.4 is 4.74 Å². The number of hydrogen-bond acceptors (Lipinski definition) is 5. The Hall–Kier alpha value is -3.41. The van der Waals surface area contributed by atoms with Crippen molar-refractivity contribution < 1.29 is 35.5 Å². The summed E-state index contributed by atoms with van der Waals surface area (Å²) in [6, 6.07) is 8.02. The third-order valence-electron chi connectivity index (χ3n) is 5.66. The fraction of sp³-hybridized carbons (Fsp3) is 0.304. The molecule has 1 atom stereocenters. The van der Waals surface area contributed by atoms with Gasteiger partial charge in [0.1, 0.15) is 11.4 Å². The molecule has 0 N–H and O–H groups in total. The molecular formula is C23H21F4N3O4S. The molecule has 2 aromatic carbocycles. The van der Waals surface area contributed by atoms with E-state index >= 15 is 0 Å². The summed E-state index contributed by atoms with van der Waals surface area (Å²) >= 11 is 0. The fourth-order valence-electron chi connectivity index (χ4n) is 3.67. The Kier molecular flexibility index (Phi) is 6.12. The standard InChI is InChI=1S/C23H21F4N3O4S/c1-13-5-4-6-19(21(13)24)30-11-15-10-29(12-18(15)28-30)22(31)17-9-16(35(3,32)33)7-8-20(17)34-14(2)23(25,26)27/h4-9,11,14H,10,12H2,1-3H3/t14-/m0/s1. The molecule has 1 aliphatic heterocycles. The molecule has 0 saturated carbocycles. The summed E-state index contributed by atoms with van der Waals surface area (Å²) in [5.41, 5.74) is 1.50. The number of alkyl halides is 3. The maximum absolute atomic E-state index is 14.5. The molecular weight excluding hydrogens is 490 g/mol. The van der Waals surface area contributed by atoms with Crippen LogP contribution in [0.15, 0.2) is 47.5 Å². The van der Waals surface area contributed by atoms with Crippen LogP contribution in [-0.2, 0) is 22.9 Å². The van der Waals surface area contributed by atoms with Crippen molar-refractivity contribution in [2.24, 2.45) is 0 Å². The van der Waals surface area contributed by atoms with Crippen LogP contribution in [0.5, 0.6) is 5.75 Å². The first-order chi connectivity index (χ1) is 16.3. The van der Waals surface area contributed by atoms with Gasteiger partial charge >= 0.3 is 6.18 Å². The lowest BCUT2D eigenvalue weighted by Crippen LogP contribution is -2.33. The van der Waals surface area contributed by atoms with E-state index in [4.69, 9.17) is 4.74 Å². The van der Waals surface area contributed by atoms with E-state index in [2.05, 4.69) is 5.10 Å². The Morgan fingerprint density at radius 1 is 1.17 bits per heavy atom. The average Bonchev–Trinajstić information content (AvgIpc) is 3.33. The summed E-state index contributed by atoms with van der Waals surface area (Å²) in [6.45, 7) is 2.48. The maximum atomic E-state index is 14.5. The molecule has 7 nitrogen and oxygen atoms in total. The summed E-state index contributed by atoms with van der Waals surface area (Å²) in [5.74, 6) is -1.53. The van der Waals surface area contributed by atoms with E-state index in [0.717, 1.165) is 31.4 Å². The largest absolute Gasteiger partial charge is 0.480 e. The van der Waals surface area contributed by atoms with Gasteiger partial charge in [0.2, 0.25) is 0 Å². The number of benzene rings is 2. The second-order valence-electron chi connectivity index (χ2n) is 8.35. The van der Waals surface area contributed by atoms with Crippen molar-refractivity contribution in [1.82, 2.24) is 14.7 Å². The topological polar surface area (TPSA) is 81.5 Å². The van der Waals surface area contributed by atoms with Crippen molar-refractivity contribution in [1.29, 1.82) is 0 Å². The number of ether oxygens (including phenoxy) is 1. The minimum Gasteiger partial charge on any atom is -0.480 e. The molecule has 12 heteroatoms. The van der Waals surface area contributed by atoms with Gasteiger partial charge in [-0.1, -0.05) is 12.1 Å². The highest BCUT2D eigenvalue weighted by Gasteiger charge is 2.39. The molecule has 3 aromatic rings. The van der Waals surface area contributed by atoms with Crippen molar-refractivity contribution >= 4 is 15.7 Å². The van der Waals surface area contributed by atoms with Gasteiger partial charge in [-0.2, -0.15) is 18.3 Å². The molecule has 0 aliphatic carbocycles. The summed E-state index contributed by atoms with van der Waals surface area (Å²) in [6.07, 6.45) is -4.40. The van der Waals surface area contributed by atoms with Gasteiger partial charge in [-0.3, -0.25) is 4.79 Å². The van der Waals surface area contributed by atoms with E-state index in [9.17, 15) is 30.8 Å². The van der Waals surface area contributed by atoms with E-state index < -0.39 is 33.8 Å². The highest BCUT2D eigenvalue weighted by Crippen LogP contribution is 2.32. The Bertz CT molecular complexity index is 1390. The Morgan fingerprint density at radius 3 is 2.51 bits per heavy atom. The predicted octanol–water partition coefficient (Wildman–Crippen LogP) is 4.21. The minimum absolute atomic E-state index is 0.00592. The van der Waals surface area contributed by atoms with Gasteiger partial charge < -0.3 is 9.64 Å². The van der Waals surface area contributed by atoms with Crippen LogP contribution in [0.3, 0.4) is 0 Å². The Labute approximate surface area is 198 Å². The molecule has 1 amide bonds. The van der Waals surface area contributed by atoms with E-state index in [-0.39, 0.29) is 35.0 Å². The van der Waals surface area contributed by atoms with Crippen LogP contribution in [0.2, 0.25) is 0 Å². The number of aromatic nitrogens is 2. The van der Waals surface area contributed by atoms with Crippen molar-refractivity contribution in [3.05, 3.63) is 70.8 Å². The number of carbonyl (C=O) groups excluding carboxylic acids is 1. The van der Waals surface area contributed by atoms with Crippen molar-refractivity contribution in [3.63, 3.8) is 0 Å². The lowest BCUT2D eigenvalue weighted by atomic mass is 10.1. The number of carbonyl (C=O) groups is 1. The van der Waals surface area contributed by atoms with Gasteiger partial charge in [-0.25, -0.2) is 17.5 Å². The molecule has 0 bridgehead atoms. The van der Waals surface area contributed by atoms with Crippen LogP contribution in [0.1, 0.15) is 34.1 Å². The number of fused-ring (bicyclic) bond motifs is 1. The zero-order chi connectivity index (χ0) is 25.7. The van der Waals surface area contributed by atoms with Gasteiger partial charge in [-0.05, 0) is 43.7 Å². The summed E-state index contributed by atoms with van der Waals surface area (Å²) < 4.78 is 84.0. The van der Waals surface area contributed by atoms with Gasteiger partial charge in [0.25, 0.3) is 5.91 Å². The van der Waals surface area contributed by atoms with Crippen molar-refractivity contribution in [2.45, 2.75) is 44.1 Å². The number of aryl methyl sites for hydroxylation is 1. The van der Waals surface area contributed by atoms with Gasteiger partial charge in [-0.15, -0.1) is 0 Å². The minimum atomic E-state index is -4.69. The summed E-state index contributed by atoms with van der Waals surface area (Å²) in [4.78, 5) is 14.3. The SMILES string of the molecule is Cc1cccc(-n2cc3c(n2)CN(C(=O)c2cc(S(C)(=O)=O)ccc2O[C@@H](C)C(F)(F)F)C3)c1F. The lowest BCUT2D eigenvalue weighted by Gasteiger charge is -2.22. The molecule has 186 valence electrons. The van der Waals surface area contributed by atoms with Crippen LogP contribution in [0.25, 0.3) is 5.69 Å². The second kappa shape index (κ2) is 8.67. The highest BCUT2D eigenvalue weighted by molar-refractivity contribution is 7.90. The molecule has 0 fully saturated rings. The second-order valence-corrected chi connectivity index (χ2v) is 10.4. The van der Waals surface area contributed by atoms with Crippen LogP contribution >= 0.6 is 0 Å². The number of hydrogen-bond donors (Lipinski definition) is 0. The third kappa shape index (κ3) is 4.88. The highest BCUT2D eigenvalue weighted by atomic mass is 32.2. The number of amides is 1. The van der Waals surface area contributed by atoms with Gasteiger partial charge in [0.15, 0.2) is 21.8 Å². The van der Waals surface area contributed by atoms with Gasteiger partial charge in [0, 0.05) is 24.6 Å². The first-order valence-electron chi connectivity index (χ1n) is 10.5. The molecule has 0 saturated heterocycles. The molecule has 1 aliphatic rings. The Balaban J connectivity index is 1.63. The summed E-state index contributed by atoms with van der Waals surface area (Å²) in [7, 11) is -3.74. The molecule has 4 rings (SSSR count). The maximum Gasteiger partial charge on any atom is 0.425 e. The van der Waals surface area contributed by atoms with Crippen molar-refractivity contribution in [3.8, 4) is 11.4 Å². The van der Waals surface area contributed by atoms with E-state index in [1.54, 1.807) is 31.3 Å². The molecule has 0 radical (unpaired) electrons. The normalized spacial score (nSPS) is 14.7. The third-order valence-corrected chi connectivity index (χ3v) is 6.77. The number of rotatable bonds is 5. The predicted molar refractivity (Wildman–Crippen MR) is 118 cm³/mol. The number of halogens is 4. The van der Waals surface area contributed by atoms with E-state index in [1.165, 1.54) is 9.58 Å². The number of sulfone groups is 1. The monoisotopic (exact) mass is 511 g/mol. The van der Waals surface area contributed by atoms with Crippen LogP contribution in [0.4, 0.5) is 17.6 Å². The average molecular weight is 511 g/mol. The quantitative estimate of drug-likeness (QED) is 0.480. The van der Waals surface area contributed by atoms with Gasteiger partial charge in [0.05, 0.1) is 22.7 Å². The Morgan fingerprint density at radius 2 is 1.89 bits per heavy atom. The smallest absolute Gasteiger partial charge is 0.425 e. The number of nitrogens with zero attached hydrogens (tertiary/aromatic N) is 3. The molecule has 35 heavy (non-hydrogen) atoms. The van der Waals surface area contributed by atoms with Crippen molar-refractivity contribution in [2.75, 3.05) is 6.26 Å². The molecule has 1 aromatic heterocycles.